The van der Waals surface area contributed by atoms with E-state index in [1.54, 1.807) is 6.20 Å². The van der Waals surface area contributed by atoms with E-state index in [4.69, 9.17) is 4.52 Å². The van der Waals surface area contributed by atoms with Gasteiger partial charge in [-0.1, -0.05) is 17.3 Å². The number of hydrogen-bond donors (Lipinski definition) is 2. The summed E-state index contributed by atoms with van der Waals surface area (Å²) >= 11 is 0. The molecule has 0 aliphatic carbocycles. The van der Waals surface area contributed by atoms with E-state index in [-0.39, 0.29) is 24.0 Å². The van der Waals surface area contributed by atoms with E-state index in [9.17, 15) is 0 Å². The zero-order valence-corrected chi connectivity index (χ0v) is 19.5. The van der Waals surface area contributed by atoms with E-state index in [1.807, 2.05) is 30.8 Å². The van der Waals surface area contributed by atoms with Gasteiger partial charge in [-0.3, -0.25) is 4.99 Å². The molecule has 3 aromatic rings. The van der Waals surface area contributed by atoms with E-state index in [0.717, 1.165) is 54.6 Å². The van der Waals surface area contributed by atoms with E-state index < -0.39 is 0 Å². The Morgan fingerprint density at radius 2 is 1.93 bits per heavy atom. The van der Waals surface area contributed by atoms with Gasteiger partial charge in [-0.2, -0.15) is 5.10 Å². The van der Waals surface area contributed by atoms with Crippen LogP contribution in [0.1, 0.15) is 29.5 Å². The van der Waals surface area contributed by atoms with Gasteiger partial charge in [-0.15, -0.1) is 24.0 Å². The molecule has 0 spiro atoms. The van der Waals surface area contributed by atoms with Gasteiger partial charge < -0.3 is 15.2 Å². The van der Waals surface area contributed by atoms with E-state index in [1.165, 1.54) is 5.56 Å². The normalized spacial score (nSPS) is 11.2. The summed E-state index contributed by atoms with van der Waals surface area (Å²) in [5.74, 6) is 1.71. The van der Waals surface area contributed by atoms with Gasteiger partial charge in [-0.25, -0.2) is 4.68 Å². The Hall–Kier alpha value is -2.36. The summed E-state index contributed by atoms with van der Waals surface area (Å²) < 4.78 is 7.07. The number of rotatable bonds is 8. The standard InChI is InChI=1S/C21H28N6O.HI/c1-4-22-21(24-14-11-20-16(2)26-28-17(20)3)23-13-10-18-6-8-19(9-7-18)27-15-5-12-25-27;/h5-9,12,15H,4,10-11,13-14H2,1-3H3,(H2,22,23,24);1H. The number of aryl methyl sites for hydroxylation is 2. The van der Waals surface area contributed by atoms with Crippen LogP contribution in [0.2, 0.25) is 0 Å². The highest BCUT2D eigenvalue weighted by molar-refractivity contribution is 14.0. The van der Waals surface area contributed by atoms with Crippen molar-refractivity contribution < 1.29 is 4.52 Å². The van der Waals surface area contributed by atoms with Crippen molar-refractivity contribution in [3.05, 3.63) is 65.3 Å². The van der Waals surface area contributed by atoms with Gasteiger partial charge in [0.1, 0.15) is 5.76 Å². The van der Waals surface area contributed by atoms with Gasteiger partial charge in [0, 0.05) is 37.6 Å². The minimum Gasteiger partial charge on any atom is -0.361 e. The Morgan fingerprint density at radius 3 is 2.55 bits per heavy atom. The zero-order chi connectivity index (χ0) is 19.8. The molecule has 0 amide bonds. The van der Waals surface area contributed by atoms with Crippen molar-refractivity contribution in [1.82, 2.24) is 25.6 Å². The van der Waals surface area contributed by atoms with Crippen molar-refractivity contribution in [1.29, 1.82) is 0 Å². The molecule has 2 aromatic heterocycles. The van der Waals surface area contributed by atoms with Crippen molar-refractivity contribution >= 4 is 29.9 Å². The highest BCUT2D eigenvalue weighted by atomic mass is 127. The van der Waals surface area contributed by atoms with Crippen LogP contribution < -0.4 is 10.6 Å². The van der Waals surface area contributed by atoms with Crippen LogP contribution in [-0.4, -0.2) is 40.5 Å². The molecule has 0 aliphatic rings. The van der Waals surface area contributed by atoms with Crippen LogP contribution in [0.15, 0.2) is 52.2 Å². The molecule has 3 rings (SSSR count). The molecule has 0 fully saturated rings. The van der Waals surface area contributed by atoms with Crippen LogP contribution in [0.3, 0.4) is 0 Å². The molecule has 2 heterocycles. The summed E-state index contributed by atoms with van der Waals surface area (Å²) in [5.41, 5.74) is 4.44. The molecule has 0 aliphatic heterocycles. The number of nitrogens with zero attached hydrogens (tertiary/aromatic N) is 4. The quantitative estimate of drug-likeness (QED) is 0.277. The van der Waals surface area contributed by atoms with Gasteiger partial charge in [-0.05, 0) is 57.4 Å². The van der Waals surface area contributed by atoms with Gasteiger partial charge in [0.15, 0.2) is 5.96 Å². The average molecular weight is 508 g/mol. The molecule has 0 radical (unpaired) electrons. The molecule has 0 saturated heterocycles. The zero-order valence-electron chi connectivity index (χ0n) is 17.2. The summed E-state index contributed by atoms with van der Waals surface area (Å²) in [5, 5.41) is 14.9. The molecule has 0 saturated carbocycles. The summed E-state index contributed by atoms with van der Waals surface area (Å²) in [6, 6.07) is 10.4. The summed E-state index contributed by atoms with van der Waals surface area (Å²) in [6.45, 7) is 8.32. The fraction of sp³-hybridized carbons (Fsp3) is 0.381. The molecular weight excluding hydrogens is 479 g/mol. The molecule has 7 nitrogen and oxygen atoms in total. The number of nitrogens with one attached hydrogen (secondary N) is 2. The lowest BCUT2D eigenvalue weighted by atomic mass is 10.1. The lowest BCUT2D eigenvalue weighted by molar-refractivity contribution is 0.392. The van der Waals surface area contributed by atoms with Crippen molar-refractivity contribution in [2.75, 3.05) is 19.6 Å². The first-order chi connectivity index (χ1) is 13.7. The molecule has 0 atom stereocenters. The molecule has 0 bridgehead atoms. The Morgan fingerprint density at radius 1 is 1.14 bits per heavy atom. The van der Waals surface area contributed by atoms with Gasteiger partial charge >= 0.3 is 0 Å². The number of halogens is 1. The molecule has 0 unspecified atom stereocenters. The first kappa shape index (κ1) is 22.9. The van der Waals surface area contributed by atoms with Gasteiger partial charge in [0.25, 0.3) is 0 Å². The third-order valence-corrected chi connectivity index (χ3v) is 4.57. The van der Waals surface area contributed by atoms with Crippen molar-refractivity contribution in [2.24, 2.45) is 4.99 Å². The number of guanidine groups is 1. The predicted molar refractivity (Wildman–Crippen MR) is 126 cm³/mol. The lowest BCUT2D eigenvalue weighted by Crippen LogP contribution is -2.38. The van der Waals surface area contributed by atoms with Crippen LogP contribution in [0, 0.1) is 13.8 Å². The number of aliphatic imine (C=N–C) groups is 1. The molecular formula is C21H29IN6O. The van der Waals surface area contributed by atoms with Crippen LogP contribution in [0.5, 0.6) is 0 Å². The minimum atomic E-state index is 0. The smallest absolute Gasteiger partial charge is 0.191 e. The molecule has 2 N–H and O–H groups in total. The minimum absolute atomic E-state index is 0. The Balaban J connectivity index is 0.00000300. The van der Waals surface area contributed by atoms with E-state index in [0.29, 0.717) is 6.54 Å². The van der Waals surface area contributed by atoms with Gasteiger partial charge in [0.05, 0.1) is 11.4 Å². The SMILES string of the molecule is CCNC(=NCCc1c(C)noc1C)NCCc1ccc(-n2cccn2)cc1.I. The van der Waals surface area contributed by atoms with Crippen LogP contribution in [0.25, 0.3) is 5.69 Å². The summed E-state index contributed by atoms with van der Waals surface area (Å²) in [6.07, 6.45) is 5.48. The van der Waals surface area contributed by atoms with E-state index >= 15 is 0 Å². The second-order valence-corrected chi connectivity index (χ2v) is 6.61. The fourth-order valence-corrected chi connectivity index (χ4v) is 3.04. The highest BCUT2D eigenvalue weighted by Gasteiger charge is 2.08. The third-order valence-electron chi connectivity index (χ3n) is 4.57. The Kier molecular flexibility index (Phi) is 9.17. The first-order valence-corrected chi connectivity index (χ1v) is 9.70. The number of benzene rings is 1. The van der Waals surface area contributed by atoms with Crippen molar-refractivity contribution in [3.8, 4) is 5.69 Å². The maximum atomic E-state index is 5.21. The highest BCUT2D eigenvalue weighted by Crippen LogP contribution is 2.12. The fourth-order valence-electron chi connectivity index (χ4n) is 3.04. The van der Waals surface area contributed by atoms with Crippen LogP contribution >= 0.6 is 24.0 Å². The monoisotopic (exact) mass is 508 g/mol. The van der Waals surface area contributed by atoms with Crippen molar-refractivity contribution in [2.45, 2.75) is 33.6 Å². The topological polar surface area (TPSA) is 80.3 Å². The number of hydrogen-bond acceptors (Lipinski definition) is 4. The first-order valence-electron chi connectivity index (χ1n) is 9.70. The maximum Gasteiger partial charge on any atom is 0.191 e. The second kappa shape index (κ2) is 11.6. The Labute approximate surface area is 189 Å². The molecule has 156 valence electrons. The van der Waals surface area contributed by atoms with Crippen molar-refractivity contribution in [3.63, 3.8) is 0 Å². The molecule has 1 aromatic carbocycles. The van der Waals surface area contributed by atoms with Gasteiger partial charge in [0.2, 0.25) is 0 Å². The predicted octanol–water partition coefficient (Wildman–Crippen LogP) is 3.44. The Bertz CT molecular complexity index is 867. The largest absolute Gasteiger partial charge is 0.361 e. The van der Waals surface area contributed by atoms with Crippen LogP contribution in [0.4, 0.5) is 0 Å². The lowest BCUT2D eigenvalue weighted by Gasteiger charge is -2.11. The van der Waals surface area contributed by atoms with Crippen LogP contribution in [-0.2, 0) is 12.8 Å². The van der Waals surface area contributed by atoms with E-state index in [2.05, 4.69) is 57.1 Å². The molecule has 29 heavy (non-hydrogen) atoms. The third kappa shape index (κ3) is 6.59. The summed E-state index contributed by atoms with van der Waals surface area (Å²) in [4.78, 5) is 4.66. The second-order valence-electron chi connectivity index (χ2n) is 6.61. The summed E-state index contributed by atoms with van der Waals surface area (Å²) in [7, 11) is 0. The number of aromatic nitrogens is 3. The maximum absolute atomic E-state index is 5.21. The molecule has 8 heteroatoms. The average Bonchev–Trinajstić information content (AvgIpc) is 3.34.